The molecule has 206 valence electrons. The number of carbonyl (C=O) groups excluding carboxylic acids is 3. The first kappa shape index (κ1) is 27.1. The number of amides is 3. The van der Waals surface area contributed by atoms with E-state index in [0.717, 1.165) is 25.9 Å². The van der Waals surface area contributed by atoms with Gasteiger partial charge in [0.2, 0.25) is 17.6 Å². The van der Waals surface area contributed by atoms with Crippen LogP contribution < -0.4 is 10.6 Å². The molecule has 10 nitrogen and oxygen atoms in total. The minimum absolute atomic E-state index is 0.0542. The van der Waals surface area contributed by atoms with E-state index >= 15 is 0 Å². The second-order valence-corrected chi connectivity index (χ2v) is 11.0. The highest BCUT2D eigenvalue weighted by Gasteiger charge is 2.37. The number of furan rings is 1. The molecule has 1 saturated carbocycles. The van der Waals surface area contributed by atoms with Crippen LogP contribution in [-0.4, -0.2) is 70.7 Å². The Kier molecular flexibility index (Phi) is 8.13. The molecule has 0 aromatic carbocycles. The Labute approximate surface area is 232 Å². The van der Waals surface area contributed by atoms with E-state index in [2.05, 4.69) is 30.4 Å². The normalized spacial score (nSPS) is 21.3. The summed E-state index contributed by atoms with van der Waals surface area (Å²) in [7, 11) is 4.07. The SMILES string of the molecule is CN(C)CC1CCCN1C(=O)[C@H]1CC[C@H](C(=O)Nc2c(C(=O)Nc3ccc(Cl)cn3)oc3cccnc23)CC1. The average Bonchev–Trinajstić information content (AvgIpc) is 3.54. The number of nitrogens with zero attached hydrogens (tertiary/aromatic N) is 4. The van der Waals surface area contributed by atoms with Gasteiger partial charge in [-0.25, -0.2) is 4.98 Å². The van der Waals surface area contributed by atoms with E-state index in [9.17, 15) is 14.4 Å². The third-order valence-electron chi connectivity index (χ3n) is 7.55. The summed E-state index contributed by atoms with van der Waals surface area (Å²) in [6, 6.07) is 6.84. The van der Waals surface area contributed by atoms with Gasteiger partial charge in [0.15, 0.2) is 5.58 Å². The number of likely N-dealkylation sites (N-methyl/N-ethyl adjacent to an activating group) is 1. The van der Waals surface area contributed by atoms with Crippen molar-refractivity contribution in [2.45, 2.75) is 44.6 Å². The van der Waals surface area contributed by atoms with Crippen molar-refractivity contribution in [2.75, 3.05) is 37.8 Å². The summed E-state index contributed by atoms with van der Waals surface area (Å²) in [6.07, 6.45) is 7.63. The maximum atomic E-state index is 13.3. The molecule has 39 heavy (non-hydrogen) atoms. The standard InChI is InChI=1S/C28H33ClN6O4/c1-34(2)16-20-5-4-14-35(20)28(38)18-9-7-17(8-10-18)26(36)33-24-23-21(6-3-13-30-23)39-25(24)27(37)32-22-12-11-19(29)15-31-22/h3,6,11-13,15,17-18,20H,4-5,7-10,14,16H2,1-2H3,(H,33,36)(H,31,32,37)/t17-,18-,20?. The van der Waals surface area contributed by atoms with Crippen LogP contribution in [0.1, 0.15) is 49.1 Å². The fraction of sp³-hybridized carbons (Fsp3) is 0.464. The van der Waals surface area contributed by atoms with Gasteiger partial charge in [0, 0.05) is 43.4 Å². The maximum absolute atomic E-state index is 13.3. The van der Waals surface area contributed by atoms with Gasteiger partial charge in [-0.3, -0.25) is 19.4 Å². The van der Waals surface area contributed by atoms with E-state index < -0.39 is 5.91 Å². The van der Waals surface area contributed by atoms with Crippen molar-refractivity contribution in [1.82, 2.24) is 19.8 Å². The number of fused-ring (bicyclic) bond motifs is 1. The summed E-state index contributed by atoms with van der Waals surface area (Å²) in [4.78, 5) is 52.3. The molecule has 2 fully saturated rings. The first-order valence-electron chi connectivity index (χ1n) is 13.4. The zero-order valence-electron chi connectivity index (χ0n) is 22.2. The molecule has 0 bridgehead atoms. The van der Waals surface area contributed by atoms with Crippen LogP contribution in [0.15, 0.2) is 41.1 Å². The van der Waals surface area contributed by atoms with Gasteiger partial charge in [-0.1, -0.05) is 11.6 Å². The van der Waals surface area contributed by atoms with Crippen molar-refractivity contribution in [3.05, 3.63) is 47.4 Å². The van der Waals surface area contributed by atoms with E-state index in [0.29, 0.717) is 47.6 Å². The zero-order chi connectivity index (χ0) is 27.5. The van der Waals surface area contributed by atoms with Crippen LogP contribution in [0, 0.1) is 11.8 Å². The molecule has 1 aliphatic heterocycles. The molecule has 11 heteroatoms. The third kappa shape index (κ3) is 6.07. The van der Waals surface area contributed by atoms with E-state index in [1.807, 2.05) is 14.1 Å². The number of hydrogen-bond donors (Lipinski definition) is 2. The molecule has 0 radical (unpaired) electrons. The first-order valence-corrected chi connectivity index (χ1v) is 13.7. The topological polar surface area (TPSA) is 121 Å². The zero-order valence-corrected chi connectivity index (χ0v) is 22.9. The number of rotatable bonds is 7. The number of carbonyl (C=O) groups is 3. The molecular weight excluding hydrogens is 520 g/mol. The van der Waals surface area contributed by atoms with Crippen LogP contribution >= 0.6 is 11.6 Å². The van der Waals surface area contributed by atoms with Gasteiger partial charge in [0.1, 0.15) is 17.0 Å². The molecule has 1 aliphatic carbocycles. The molecule has 1 saturated heterocycles. The molecule has 1 unspecified atom stereocenters. The maximum Gasteiger partial charge on any atom is 0.294 e. The smallest absolute Gasteiger partial charge is 0.294 e. The van der Waals surface area contributed by atoms with Crippen LogP contribution in [0.3, 0.4) is 0 Å². The van der Waals surface area contributed by atoms with Crippen LogP contribution in [0.4, 0.5) is 11.5 Å². The van der Waals surface area contributed by atoms with E-state index in [1.165, 1.54) is 6.20 Å². The lowest BCUT2D eigenvalue weighted by molar-refractivity contribution is -0.138. The van der Waals surface area contributed by atoms with Crippen LogP contribution in [-0.2, 0) is 9.59 Å². The van der Waals surface area contributed by atoms with Gasteiger partial charge in [-0.15, -0.1) is 0 Å². The Morgan fingerprint density at radius 2 is 1.82 bits per heavy atom. The van der Waals surface area contributed by atoms with Gasteiger partial charge in [-0.2, -0.15) is 0 Å². The average molecular weight is 553 g/mol. The van der Waals surface area contributed by atoms with Gasteiger partial charge in [0.25, 0.3) is 5.91 Å². The van der Waals surface area contributed by atoms with Gasteiger partial charge >= 0.3 is 0 Å². The number of pyridine rings is 2. The molecule has 3 aromatic rings. The number of halogens is 1. The second kappa shape index (κ2) is 11.7. The lowest BCUT2D eigenvalue weighted by Crippen LogP contribution is -2.45. The minimum atomic E-state index is -0.565. The van der Waals surface area contributed by atoms with Crippen molar-refractivity contribution in [3.63, 3.8) is 0 Å². The molecular formula is C28H33ClN6O4. The largest absolute Gasteiger partial charge is 0.447 e. The molecule has 3 aromatic heterocycles. The number of hydrogen-bond acceptors (Lipinski definition) is 7. The van der Waals surface area contributed by atoms with E-state index in [1.54, 1.807) is 30.5 Å². The third-order valence-corrected chi connectivity index (χ3v) is 7.78. The Morgan fingerprint density at radius 3 is 2.54 bits per heavy atom. The van der Waals surface area contributed by atoms with Crippen molar-refractivity contribution in [3.8, 4) is 0 Å². The number of anilines is 2. The Bertz CT molecular complexity index is 1350. The summed E-state index contributed by atoms with van der Waals surface area (Å²) < 4.78 is 5.79. The predicted octanol–water partition coefficient (Wildman–Crippen LogP) is 4.43. The van der Waals surface area contributed by atoms with Crippen molar-refractivity contribution < 1.29 is 18.8 Å². The van der Waals surface area contributed by atoms with Crippen LogP contribution in [0.2, 0.25) is 5.02 Å². The van der Waals surface area contributed by atoms with Crippen LogP contribution in [0.5, 0.6) is 0 Å². The van der Waals surface area contributed by atoms with E-state index in [4.69, 9.17) is 16.0 Å². The van der Waals surface area contributed by atoms with Crippen molar-refractivity contribution in [1.29, 1.82) is 0 Å². The highest BCUT2D eigenvalue weighted by Crippen LogP contribution is 2.35. The summed E-state index contributed by atoms with van der Waals surface area (Å²) in [6.45, 7) is 1.69. The predicted molar refractivity (Wildman–Crippen MR) is 149 cm³/mol. The highest BCUT2D eigenvalue weighted by atomic mass is 35.5. The van der Waals surface area contributed by atoms with Gasteiger partial charge in [0.05, 0.1) is 5.02 Å². The lowest BCUT2D eigenvalue weighted by Gasteiger charge is -2.33. The Hall–Kier alpha value is -3.50. The fourth-order valence-electron chi connectivity index (χ4n) is 5.63. The van der Waals surface area contributed by atoms with Crippen molar-refractivity contribution in [2.24, 2.45) is 11.8 Å². The molecule has 3 amide bonds. The quantitative estimate of drug-likeness (QED) is 0.445. The number of nitrogens with one attached hydrogen (secondary N) is 2. The molecule has 5 rings (SSSR count). The monoisotopic (exact) mass is 552 g/mol. The van der Waals surface area contributed by atoms with Crippen LogP contribution in [0.25, 0.3) is 11.1 Å². The molecule has 1 atom stereocenters. The summed E-state index contributed by atoms with van der Waals surface area (Å²) in [5, 5.41) is 6.03. The van der Waals surface area contributed by atoms with Gasteiger partial charge < -0.3 is 24.9 Å². The van der Waals surface area contributed by atoms with Gasteiger partial charge in [-0.05, 0) is 76.9 Å². The minimum Gasteiger partial charge on any atom is -0.447 e. The fourth-order valence-corrected chi connectivity index (χ4v) is 5.74. The number of likely N-dealkylation sites (tertiary alicyclic amines) is 1. The Morgan fingerprint density at radius 1 is 1.05 bits per heavy atom. The van der Waals surface area contributed by atoms with Crippen molar-refractivity contribution >= 4 is 51.9 Å². The molecule has 2 N–H and O–H groups in total. The molecule has 0 spiro atoms. The molecule has 2 aliphatic rings. The first-order chi connectivity index (χ1) is 18.8. The summed E-state index contributed by atoms with van der Waals surface area (Å²) in [5.41, 5.74) is 1.00. The Balaban J connectivity index is 1.25. The lowest BCUT2D eigenvalue weighted by atomic mass is 9.80. The molecule has 4 heterocycles. The highest BCUT2D eigenvalue weighted by molar-refractivity contribution is 6.30. The second-order valence-electron chi connectivity index (χ2n) is 10.6. The summed E-state index contributed by atoms with van der Waals surface area (Å²) >= 11 is 5.89. The summed E-state index contributed by atoms with van der Waals surface area (Å²) in [5.74, 6) is -0.639. The van der Waals surface area contributed by atoms with E-state index in [-0.39, 0.29) is 41.1 Å². The number of aromatic nitrogens is 2.